The molecule has 0 fully saturated rings. The second kappa shape index (κ2) is 17.7. The fourth-order valence-corrected chi connectivity index (χ4v) is 8.24. The summed E-state index contributed by atoms with van der Waals surface area (Å²) in [5.41, 5.74) is 10.7. The normalized spacial score (nSPS) is 12.7. The molecule has 0 unspecified atom stereocenters. The van der Waals surface area contributed by atoms with Crippen LogP contribution in [0.4, 0.5) is 20.4 Å². The number of halogens is 2. The molecule has 0 spiro atoms. The predicted molar refractivity (Wildman–Crippen MR) is 241 cm³/mol. The van der Waals surface area contributed by atoms with Crippen LogP contribution in [0.3, 0.4) is 0 Å². The number of carbonyl (C=O) groups excluding carboxylic acids is 1. The van der Waals surface area contributed by atoms with Gasteiger partial charge in [-0.2, -0.15) is 10.2 Å². The molecule has 0 aliphatic carbocycles. The van der Waals surface area contributed by atoms with Crippen molar-refractivity contribution in [1.29, 1.82) is 0 Å². The minimum Gasteiger partial charge on any atom is -0.493 e. The number of fused-ring (bicyclic) bond motifs is 4. The van der Waals surface area contributed by atoms with E-state index in [1.165, 1.54) is 22.9 Å². The van der Waals surface area contributed by atoms with E-state index in [0.717, 1.165) is 45.5 Å². The van der Waals surface area contributed by atoms with Gasteiger partial charge in [-0.3, -0.25) is 23.7 Å². The first kappa shape index (κ1) is 42.4. The van der Waals surface area contributed by atoms with Crippen LogP contribution in [0, 0.1) is 11.6 Å². The lowest BCUT2D eigenvalue weighted by molar-refractivity contribution is 0.0995. The lowest BCUT2D eigenvalue weighted by atomic mass is 10.0. The summed E-state index contributed by atoms with van der Waals surface area (Å²) in [5.74, 6) is 1.24. The highest BCUT2D eigenvalue weighted by Crippen LogP contribution is 2.35. The Morgan fingerprint density at radius 3 is 1.83 bits per heavy atom. The Morgan fingerprint density at radius 2 is 1.32 bits per heavy atom. The standard InChI is InChI=1S/C24H25FN6O2.C22H19FN6O3/c1-30(2)8-9-31-21(5-7-29-31)18-13-28-24(19-14-26-23(32)11-16(18)19)27-12-17-15-6-10-33-22(15)4-3-20(17)25;1-29-18(7-17(28-29)21(24)31)14-9-27-22(15-10-25-20(30)6-12(14)15)26-8-13-11-4-5-32-19(11)3-2-16(13)23/h3-5,7,11,13-14H,6,8-10,12H2,1-2H3,(H,26,32)(H,27,28);2-3,6-7,9-10H,4-5,8H2,1H3,(H2,24,31)(H,25,30)(H,26,27). The maximum atomic E-state index is 14.6. The Balaban J connectivity index is 0.000000164. The zero-order valence-corrected chi connectivity index (χ0v) is 35.7. The third-order valence-corrected chi connectivity index (χ3v) is 11.5. The number of aryl methyl sites for hydroxylation is 1. The molecule has 10 rings (SSSR count). The third-order valence-electron chi connectivity index (χ3n) is 11.5. The van der Waals surface area contributed by atoms with Crippen LogP contribution in [0.5, 0.6) is 11.5 Å². The first-order chi connectivity index (χ1) is 31.4. The molecule has 19 heteroatoms. The van der Waals surface area contributed by atoms with E-state index in [9.17, 15) is 23.2 Å². The Kier molecular flexibility index (Phi) is 11.5. The number of nitrogens with one attached hydrogen (secondary N) is 4. The number of nitrogens with two attached hydrogens (primary N) is 1. The zero-order valence-electron chi connectivity index (χ0n) is 35.7. The molecule has 65 heavy (non-hydrogen) atoms. The SMILES string of the molecule is CN(C)CCn1nccc1-c1cnc(NCc2c(F)ccc3c2CCO3)c2c[nH]c(=O)cc12.Cn1nc(C(N)=O)cc1-c1cnc(NCc2c(F)ccc3c2CCO3)c2c[nH]c(=O)cc12. The van der Waals surface area contributed by atoms with Gasteiger partial charge in [0.25, 0.3) is 5.91 Å². The average molecular weight is 883 g/mol. The molecule has 0 saturated heterocycles. The fourth-order valence-electron chi connectivity index (χ4n) is 8.24. The quantitative estimate of drug-likeness (QED) is 0.108. The first-order valence-corrected chi connectivity index (χ1v) is 20.8. The number of aromatic amines is 2. The number of H-pyrrole nitrogens is 2. The van der Waals surface area contributed by atoms with Gasteiger partial charge in [0.05, 0.1) is 31.1 Å². The van der Waals surface area contributed by atoms with Gasteiger partial charge in [0.2, 0.25) is 11.1 Å². The van der Waals surface area contributed by atoms with Gasteiger partial charge < -0.3 is 40.7 Å². The van der Waals surface area contributed by atoms with E-state index in [2.05, 4.69) is 45.7 Å². The van der Waals surface area contributed by atoms with Gasteiger partial charge in [0.15, 0.2) is 5.69 Å². The first-order valence-electron chi connectivity index (χ1n) is 20.8. The van der Waals surface area contributed by atoms with Crippen molar-refractivity contribution in [2.45, 2.75) is 32.5 Å². The van der Waals surface area contributed by atoms with Gasteiger partial charge in [-0.15, -0.1) is 0 Å². The molecule has 2 aromatic carbocycles. The summed E-state index contributed by atoms with van der Waals surface area (Å²) in [5, 5.41) is 17.7. The van der Waals surface area contributed by atoms with Crippen molar-refractivity contribution in [3.05, 3.63) is 140 Å². The molecule has 0 radical (unpaired) electrons. The lowest BCUT2D eigenvalue weighted by Crippen LogP contribution is -2.19. The number of rotatable bonds is 12. The van der Waals surface area contributed by atoms with Crippen LogP contribution in [0.2, 0.25) is 0 Å². The molecule has 0 saturated carbocycles. The molecule has 6 aromatic heterocycles. The van der Waals surface area contributed by atoms with Crippen LogP contribution in [0.15, 0.2) is 89.1 Å². The van der Waals surface area contributed by atoms with Crippen LogP contribution in [0.1, 0.15) is 32.7 Å². The zero-order chi connectivity index (χ0) is 45.4. The molecule has 0 bridgehead atoms. The van der Waals surface area contributed by atoms with Crippen LogP contribution >= 0.6 is 0 Å². The van der Waals surface area contributed by atoms with Gasteiger partial charge >= 0.3 is 0 Å². The highest BCUT2D eigenvalue weighted by atomic mass is 19.1. The molecule has 17 nitrogen and oxygen atoms in total. The van der Waals surface area contributed by atoms with E-state index in [0.29, 0.717) is 83.1 Å². The van der Waals surface area contributed by atoms with Gasteiger partial charge in [0, 0.05) is 138 Å². The second-order valence-corrected chi connectivity index (χ2v) is 15.8. The topological polar surface area (TPSA) is 216 Å². The number of benzene rings is 2. The van der Waals surface area contributed by atoms with Crippen LogP contribution in [-0.2, 0) is 39.5 Å². The Labute approximate surface area is 369 Å². The van der Waals surface area contributed by atoms with E-state index >= 15 is 0 Å². The molecule has 2 aliphatic rings. The Hall–Kier alpha value is -7.93. The number of hydrogen-bond acceptors (Lipinski definition) is 12. The number of pyridine rings is 4. The molecular weight excluding hydrogens is 839 g/mol. The van der Waals surface area contributed by atoms with E-state index in [-0.39, 0.29) is 41.5 Å². The maximum Gasteiger partial charge on any atom is 0.269 e. The summed E-state index contributed by atoms with van der Waals surface area (Å²) < 4.78 is 43.6. The van der Waals surface area contributed by atoms with Crippen LogP contribution in [0.25, 0.3) is 44.1 Å². The van der Waals surface area contributed by atoms with Crippen LogP contribution in [-0.4, -0.2) is 84.2 Å². The number of likely N-dealkylation sites (N-methyl/N-ethyl adjacent to an activating group) is 1. The molecule has 0 atom stereocenters. The molecular formula is C46H44F2N12O5. The number of anilines is 2. The number of amides is 1. The smallest absolute Gasteiger partial charge is 0.269 e. The van der Waals surface area contributed by atoms with Gasteiger partial charge in [-0.05, 0) is 50.5 Å². The van der Waals surface area contributed by atoms with E-state index in [1.807, 2.05) is 24.8 Å². The lowest BCUT2D eigenvalue weighted by Gasteiger charge is -2.15. The number of carbonyl (C=O) groups is 1. The van der Waals surface area contributed by atoms with Crippen LogP contribution < -0.4 is 37.0 Å². The Morgan fingerprint density at radius 1 is 0.785 bits per heavy atom. The van der Waals surface area contributed by atoms with Crippen molar-refractivity contribution in [2.75, 3.05) is 44.5 Å². The van der Waals surface area contributed by atoms with Crippen molar-refractivity contribution in [1.82, 2.24) is 44.4 Å². The fraction of sp³-hybridized carbons (Fsp3) is 0.239. The monoisotopic (exact) mass is 882 g/mol. The van der Waals surface area contributed by atoms with Crippen molar-refractivity contribution >= 4 is 39.1 Å². The number of primary amides is 1. The van der Waals surface area contributed by atoms with Gasteiger partial charge in [-0.1, -0.05) is 0 Å². The molecule has 1 amide bonds. The summed E-state index contributed by atoms with van der Waals surface area (Å²) in [4.78, 5) is 52.4. The highest BCUT2D eigenvalue weighted by molar-refractivity contribution is 6.02. The number of nitrogens with zero attached hydrogens (tertiary/aromatic N) is 7. The van der Waals surface area contributed by atoms with E-state index < -0.39 is 5.91 Å². The second-order valence-electron chi connectivity index (χ2n) is 15.8. The van der Waals surface area contributed by atoms with Crippen molar-refractivity contribution in [3.63, 3.8) is 0 Å². The Bertz CT molecular complexity index is 3250. The van der Waals surface area contributed by atoms with Gasteiger partial charge in [0.1, 0.15) is 34.8 Å². The van der Waals surface area contributed by atoms with Crippen molar-refractivity contribution < 1.29 is 23.0 Å². The average Bonchev–Trinajstić information content (AvgIpc) is 4.13. The highest BCUT2D eigenvalue weighted by Gasteiger charge is 2.23. The summed E-state index contributed by atoms with van der Waals surface area (Å²) in [6.07, 6.45) is 9.59. The molecule has 6 N–H and O–H groups in total. The molecule has 8 aromatic rings. The summed E-state index contributed by atoms with van der Waals surface area (Å²) in [6.45, 7) is 3.10. The largest absolute Gasteiger partial charge is 0.493 e. The summed E-state index contributed by atoms with van der Waals surface area (Å²) in [6, 6.07) is 12.6. The van der Waals surface area contributed by atoms with E-state index in [1.54, 1.807) is 62.3 Å². The molecule has 2 aliphatic heterocycles. The number of ether oxygens (including phenoxy) is 2. The van der Waals surface area contributed by atoms with Crippen molar-refractivity contribution in [2.24, 2.45) is 12.8 Å². The number of hydrogen-bond donors (Lipinski definition) is 5. The number of aromatic nitrogens is 8. The third kappa shape index (κ3) is 8.48. The minimum atomic E-state index is -0.651. The summed E-state index contributed by atoms with van der Waals surface area (Å²) >= 11 is 0. The van der Waals surface area contributed by atoms with Gasteiger partial charge in [-0.25, -0.2) is 18.7 Å². The minimum absolute atomic E-state index is 0.110. The maximum absolute atomic E-state index is 14.6. The molecule has 332 valence electrons. The summed E-state index contributed by atoms with van der Waals surface area (Å²) in [7, 11) is 5.70. The molecule has 8 heterocycles. The predicted octanol–water partition coefficient (Wildman–Crippen LogP) is 5.14. The van der Waals surface area contributed by atoms with Crippen molar-refractivity contribution in [3.8, 4) is 34.0 Å². The van der Waals surface area contributed by atoms with E-state index in [4.69, 9.17) is 15.2 Å².